The second-order valence-electron chi connectivity index (χ2n) is 5.09. The van der Waals surface area contributed by atoms with Crippen molar-refractivity contribution in [3.05, 3.63) is 0 Å². The number of thioether (sulfide) groups is 1. The summed E-state index contributed by atoms with van der Waals surface area (Å²) < 4.78 is 0. The monoisotopic (exact) mass is 280 g/mol. The summed E-state index contributed by atoms with van der Waals surface area (Å²) >= 11 is 1.96. The highest BCUT2D eigenvalue weighted by Gasteiger charge is 2.33. The zero-order valence-electron chi connectivity index (χ0n) is 11.0. The zero-order chi connectivity index (χ0) is 12.2. The lowest BCUT2D eigenvalue weighted by Crippen LogP contribution is -2.48. The summed E-state index contributed by atoms with van der Waals surface area (Å²) in [6, 6.07) is 0.350. The molecule has 3 nitrogen and oxygen atoms in total. The summed E-state index contributed by atoms with van der Waals surface area (Å²) in [5, 5.41) is 3.76. The number of nitrogens with two attached hydrogens (primary N) is 1. The summed E-state index contributed by atoms with van der Waals surface area (Å²) in [6.07, 6.45) is 3.57. The summed E-state index contributed by atoms with van der Waals surface area (Å²) in [5.41, 5.74) is 5.17. The van der Waals surface area contributed by atoms with Crippen LogP contribution in [0, 0.1) is 5.41 Å². The maximum Gasteiger partial charge on any atom is 0.227 e. The van der Waals surface area contributed by atoms with Gasteiger partial charge in [-0.05, 0) is 32.4 Å². The summed E-state index contributed by atoms with van der Waals surface area (Å²) in [7, 11) is 0. The third-order valence-electron chi connectivity index (χ3n) is 3.27. The van der Waals surface area contributed by atoms with Crippen LogP contribution < -0.4 is 11.1 Å². The average molecular weight is 281 g/mol. The van der Waals surface area contributed by atoms with Crippen LogP contribution in [0.1, 0.15) is 40.0 Å². The molecule has 0 saturated heterocycles. The predicted molar refractivity (Wildman–Crippen MR) is 77.8 cm³/mol. The van der Waals surface area contributed by atoms with Crippen molar-refractivity contribution in [1.29, 1.82) is 0 Å². The quantitative estimate of drug-likeness (QED) is 0.812. The first-order chi connectivity index (χ1) is 7.51. The fraction of sp³-hybridized carbons (Fsp3) is 0.917. The number of hydrogen-bond acceptors (Lipinski definition) is 3. The molecule has 17 heavy (non-hydrogen) atoms. The Bertz CT molecular complexity index is 249. The second kappa shape index (κ2) is 7.49. The van der Waals surface area contributed by atoms with Gasteiger partial charge in [-0.15, -0.1) is 12.4 Å². The second-order valence-corrected chi connectivity index (χ2v) is 6.61. The largest absolute Gasteiger partial charge is 0.352 e. The van der Waals surface area contributed by atoms with Crippen molar-refractivity contribution < 1.29 is 4.79 Å². The molecule has 0 radical (unpaired) electrons. The van der Waals surface area contributed by atoms with Gasteiger partial charge in [0.1, 0.15) is 0 Å². The minimum atomic E-state index is -0.440. The third-order valence-corrected chi connectivity index (χ3v) is 4.60. The molecule has 0 aliphatic heterocycles. The van der Waals surface area contributed by atoms with E-state index in [0.29, 0.717) is 17.8 Å². The van der Waals surface area contributed by atoms with Gasteiger partial charge in [-0.3, -0.25) is 4.79 Å². The molecule has 0 aromatic rings. The van der Waals surface area contributed by atoms with Crippen LogP contribution in [0.3, 0.4) is 0 Å². The molecule has 0 bridgehead atoms. The van der Waals surface area contributed by atoms with Crippen molar-refractivity contribution in [2.75, 3.05) is 12.3 Å². The van der Waals surface area contributed by atoms with E-state index in [1.54, 1.807) is 0 Å². The van der Waals surface area contributed by atoms with Crippen molar-refractivity contribution in [2.24, 2.45) is 11.1 Å². The Hall–Kier alpha value is 0.0700. The zero-order valence-corrected chi connectivity index (χ0v) is 12.6. The van der Waals surface area contributed by atoms with Crippen LogP contribution in [0.25, 0.3) is 0 Å². The van der Waals surface area contributed by atoms with Crippen LogP contribution in [0.15, 0.2) is 0 Å². The normalized spacial score (nSPS) is 24.2. The first kappa shape index (κ1) is 17.1. The molecule has 2 unspecified atom stereocenters. The molecule has 2 atom stereocenters. The average Bonchev–Trinajstić information content (AvgIpc) is 2.66. The Kier molecular flexibility index (Phi) is 7.52. The van der Waals surface area contributed by atoms with E-state index in [-0.39, 0.29) is 18.3 Å². The molecule has 1 aliphatic carbocycles. The minimum Gasteiger partial charge on any atom is -0.352 e. The number of rotatable bonds is 5. The molecule has 102 valence electrons. The van der Waals surface area contributed by atoms with Gasteiger partial charge in [-0.1, -0.05) is 13.3 Å². The Morgan fingerprint density at radius 3 is 2.65 bits per heavy atom. The van der Waals surface area contributed by atoms with Crippen LogP contribution in [0.4, 0.5) is 0 Å². The molecule has 1 fully saturated rings. The SMILES string of the molecule is CCSC1CCCC1NC(=O)C(C)(C)CN.Cl. The van der Waals surface area contributed by atoms with Gasteiger partial charge in [0.2, 0.25) is 5.91 Å². The number of halogens is 1. The molecule has 0 heterocycles. The fourth-order valence-corrected chi connectivity index (χ4v) is 3.16. The summed E-state index contributed by atoms with van der Waals surface area (Å²) in [5.74, 6) is 1.22. The van der Waals surface area contributed by atoms with Gasteiger partial charge in [0.25, 0.3) is 0 Å². The Morgan fingerprint density at radius 2 is 2.12 bits per heavy atom. The molecule has 1 rings (SSSR count). The first-order valence-corrected chi connectivity index (χ1v) is 7.18. The van der Waals surface area contributed by atoms with Crippen LogP contribution in [0.2, 0.25) is 0 Å². The number of amides is 1. The lowest BCUT2D eigenvalue weighted by atomic mass is 9.92. The van der Waals surface area contributed by atoms with Gasteiger partial charge in [-0.2, -0.15) is 11.8 Å². The van der Waals surface area contributed by atoms with Crippen molar-refractivity contribution >= 4 is 30.1 Å². The van der Waals surface area contributed by atoms with E-state index >= 15 is 0 Å². The van der Waals surface area contributed by atoms with Gasteiger partial charge < -0.3 is 11.1 Å². The third kappa shape index (κ3) is 4.68. The molecule has 0 aromatic carbocycles. The van der Waals surface area contributed by atoms with E-state index in [9.17, 15) is 4.79 Å². The van der Waals surface area contributed by atoms with E-state index in [4.69, 9.17) is 5.73 Å². The first-order valence-electron chi connectivity index (χ1n) is 6.14. The smallest absolute Gasteiger partial charge is 0.227 e. The van der Waals surface area contributed by atoms with Crippen molar-refractivity contribution in [3.8, 4) is 0 Å². The molecule has 5 heteroatoms. The van der Waals surface area contributed by atoms with E-state index in [2.05, 4.69) is 12.2 Å². The Balaban J connectivity index is 0.00000256. The lowest BCUT2D eigenvalue weighted by molar-refractivity contribution is -0.129. The van der Waals surface area contributed by atoms with E-state index in [0.717, 1.165) is 12.2 Å². The van der Waals surface area contributed by atoms with Crippen molar-refractivity contribution in [3.63, 3.8) is 0 Å². The number of carbonyl (C=O) groups excluding carboxylic acids is 1. The number of nitrogens with one attached hydrogen (secondary N) is 1. The van der Waals surface area contributed by atoms with E-state index in [1.165, 1.54) is 12.8 Å². The van der Waals surface area contributed by atoms with Gasteiger partial charge >= 0.3 is 0 Å². The van der Waals surface area contributed by atoms with E-state index < -0.39 is 5.41 Å². The molecule has 0 spiro atoms. The van der Waals surface area contributed by atoms with Gasteiger partial charge in [-0.25, -0.2) is 0 Å². The molecular formula is C12H25ClN2OS. The van der Waals surface area contributed by atoms with Crippen molar-refractivity contribution in [2.45, 2.75) is 51.3 Å². The minimum absolute atomic E-state index is 0. The Morgan fingerprint density at radius 1 is 1.47 bits per heavy atom. The number of hydrogen-bond donors (Lipinski definition) is 2. The molecule has 1 amide bonds. The molecule has 0 aromatic heterocycles. The number of carbonyl (C=O) groups is 1. The topological polar surface area (TPSA) is 55.1 Å². The maximum atomic E-state index is 12.0. The van der Waals surface area contributed by atoms with Crippen molar-refractivity contribution in [1.82, 2.24) is 5.32 Å². The van der Waals surface area contributed by atoms with E-state index in [1.807, 2.05) is 25.6 Å². The highest BCUT2D eigenvalue weighted by molar-refractivity contribution is 7.99. The van der Waals surface area contributed by atoms with Crippen LogP contribution in [-0.2, 0) is 4.79 Å². The van der Waals surface area contributed by atoms with Crippen LogP contribution in [-0.4, -0.2) is 29.5 Å². The Labute approximate surface area is 115 Å². The molecule has 3 N–H and O–H groups in total. The molecular weight excluding hydrogens is 256 g/mol. The lowest BCUT2D eigenvalue weighted by Gasteiger charge is -2.27. The van der Waals surface area contributed by atoms with Gasteiger partial charge in [0.15, 0.2) is 0 Å². The molecule has 1 aliphatic rings. The maximum absolute atomic E-state index is 12.0. The summed E-state index contributed by atoms with van der Waals surface area (Å²) in [4.78, 5) is 12.0. The van der Waals surface area contributed by atoms with Gasteiger partial charge in [0.05, 0.1) is 5.41 Å². The predicted octanol–water partition coefficient (Wildman–Crippen LogP) is 2.18. The standard InChI is InChI=1S/C12H24N2OS.ClH/c1-4-16-10-7-5-6-9(10)14-11(15)12(2,3)8-13;/h9-10H,4-8,13H2,1-3H3,(H,14,15);1H. The van der Waals surface area contributed by atoms with Crippen LogP contribution >= 0.6 is 24.2 Å². The van der Waals surface area contributed by atoms with Crippen LogP contribution in [0.5, 0.6) is 0 Å². The fourth-order valence-electron chi connectivity index (χ4n) is 1.96. The summed E-state index contributed by atoms with van der Waals surface area (Å²) in [6.45, 7) is 6.38. The van der Waals surface area contributed by atoms with Gasteiger partial charge in [0, 0.05) is 17.8 Å². The highest BCUT2D eigenvalue weighted by Crippen LogP contribution is 2.30. The highest BCUT2D eigenvalue weighted by atomic mass is 35.5. The molecule has 1 saturated carbocycles.